The molecule has 0 spiro atoms. The van der Waals surface area contributed by atoms with E-state index in [0.717, 1.165) is 55.3 Å². The van der Waals surface area contributed by atoms with E-state index in [-0.39, 0.29) is 5.91 Å². The number of carbonyl (C=O) groups excluding carboxylic acids is 1. The summed E-state index contributed by atoms with van der Waals surface area (Å²) in [7, 11) is 1.64. The Bertz CT molecular complexity index is 1120. The third kappa shape index (κ3) is 6.27. The molecule has 1 aliphatic rings. The van der Waals surface area contributed by atoms with Gasteiger partial charge in [0.25, 0.3) is 5.91 Å². The first-order valence-corrected chi connectivity index (χ1v) is 11.7. The summed E-state index contributed by atoms with van der Waals surface area (Å²) in [5.74, 6) is 1.58. The number of hydrogen-bond acceptors (Lipinski definition) is 4. The Kier molecular flexibility index (Phi) is 7.99. The molecule has 1 amide bonds. The molecule has 4 rings (SSSR count). The van der Waals surface area contributed by atoms with Crippen molar-refractivity contribution in [1.29, 1.82) is 0 Å². The van der Waals surface area contributed by atoms with Crippen LogP contribution in [0.1, 0.15) is 27.0 Å². The highest BCUT2D eigenvalue weighted by atomic mass is 16.5. The summed E-state index contributed by atoms with van der Waals surface area (Å²) in [4.78, 5) is 17.5. The average molecular weight is 457 g/mol. The topological polar surface area (TPSA) is 42.0 Å². The normalized spacial score (nSPS) is 14.4. The van der Waals surface area contributed by atoms with Crippen LogP contribution < -0.4 is 9.47 Å². The van der Waals surface area contributed by atoms with Gasteiger partial charge in [-0.3, -0.25) is 9.69 Å². The number of amides is 1. The van der Waals surface area contributed by atoms with Crippen molar-refractivity contribution >= 4 is 12.0 Å². The first-order valence-electron chi connectivity index (χ1n) is 11.7. The highest BCUT2D eigenvalue weighted by Crippen LogP contribution is 2.24. The molecule has 1 aliphatic heterocycles. The Labute approximate surface area is 202 Å². The van der Waals surface area contributed by atoms with Gasteiger partial charge in [-0.05, 0) is 48.4 Å². The Hall–Kier alpha value is -3.57. The second-order valence-electron chi connectivity index (χ2n) is 8.54. The molecule has 5 nitrogen and oxygen atoms in total. The van der Waals surface area contributed by atoms with Gasteiger partial charge in [0, 0.05) is 43.9 Å². The molecule has 3 aromatic rings. The predicted octanol–water partition coefficient (Wildman–Crippen LogP) is 5.05. The summed E-state index contributed by atoms with van der Waals surface area (Å²) in [6, 6.07) is 23.8. The van der Waals surface area contributed by atoms with Crippen LogP contribution in [-0.2, 0) is 6.61 Å². The van der Waals surface area contributed by atoms with Gasteiger partial charge in [-0.1, -0.05) is 54.6 Å². The van der Waals surface area contributed by atoms with Crippen molar-refractivity contribution < 1.29 is 14.3 Å². The largest absolute Gasteiger partial charge is 0.496 e. The molecule has 0 aliphatic carbocycles. The van der Waals surface area contributed by atoms with E-state index < -0.39 is 0 Å². The highest BCUT2D eigenvalue weighted by molar-refractivity contribution is 5.94. The molecule has 0 unspecified atom stereocenters. The van der Waals surface area contributed by atoms with E-state index in [9.17, 15) is 4.79 Å². The molecule has 1 saturated heterocycles. The fourth-order valence-electron chi connectivity index (χ4n) is 4.11. The molecule has 0 aromatic heterocycles. The number of benzene rings is 3. The molecule has 3 aromatic carbocycles. The predicted molar refractivity (Wildman–Crippen MR) is 136 cm³/mol. The number of nitrogens with zero attached hydrogens (tertiary/aromatic N) is 2. The van der Waals surface area contributed by atoms with E-state index in [1.54, 1.807) is 7.11 Å². The van der Waals surface area contributed by atoms with Crippen LogP contribution in [-0.4, -0.2) is 55.5 Å². The van der Waals surface area contributed by atoms with Gasteiger partial charge in [0.05, 0.1) is 7.11 Å². The van der Waals surface area contributed by atoms with Crippen molar-refractivity contribution in [2.45, 2.75) is 13.5 Å². The lowest BCUT2D eigenvalue weighted by Gasteiger charge is -2.34. The van der Waals surface area contributed by atoms with Crippen molar-refractivity contribution in [1.82, 2.24) is 9.80 Å². The lowest BCUT2D eigenvalue weighted by atomic mass is 10.1. The van der Waals surface area contributed by atoms with E-state index in [0.29, 0.717) is 12.2 Å². The molecule has 5 heteroatoms. The van der Waals surface area contributed by atoms with Crippen molar-refractivity contribution in [3.63, 3.8) is 0 Å². The molecule has 1 fully saturated rings. The third-order valence-corrected chi connectivity index (χ3v) is 6.04. The zero-order chi connectivity index (χ0) is 23.8. The summed E-state index contributed by atoms with van der Waals surface area (Å²) >= 11 is 0. The summed E-state index contributed by atoms with van der Waals surface area (Å²) in [6.45, 7) is 6.44. The van der Waals surface area contributed by atoms with Gasteiger partial charge in [0.1, 0.15) is 18.1 Å². The molecule has 0 bridgehead atoms. The molecule has 0 atom stereocenters. The maximum absolute atomic E-state index is 13.2. The van der Waals surface area contributed by atoms with Crippen LogP contribution in [0.3, 0.4) is 0 Å². The van der Waals surface area contributed by atoms with Crippen LogP contribution >= 0.6 is 0 Å². The molecular weight excluding hydrogens is 424 g/mol. The highest BCUT2D eigenvalue weighted by Gasteiger charge is 2.22. The number of ether oxygens (including phenoxy) is 2. The zero-order valence-corrected chi connectivity index (χ0v) is 19.9. The number of carbonyl (C=O) groups is 1. The van der Waals surface area contributed by atoms with Gasteiger partial charge in [-0.25, -0.2) is 0 Å². The molecule has 0 saturated carbocycles. The van der Waals surface area contributed by atoms with Gasteiger partial charge >= 0.3 is 0 Å². The van der Waals surface area contributed by atoms with Crippen LogP contribution in [0.2, 0.25) is 0 Å². The van der Waals surface area contributed by atoms with Crippen LogP contribution in [0.15, 0.2) is 78.9 Å². The van der Waals surface area contributed by atoms with Crippen molar-refractivity contribution in [3.05, 3.63) is 101 Å². The van der Waals surface area contributed by atoms with Gasteiger partial charge < -0.3 is 14.4 Å². The van der Waals surface area contributed by atoms with E-state index in [1.165, 1.54) is 5.56 Å². The Balaban J connectivity index is 1.33. The SMILES string of the molecule is COc1ccc(C(=O)N2CCN(C/C=C/c3ccccc3)CC2)cc1COc1cccc(C)c1. The monoisotopic (exact) mass is 456 g/mol. The number of hydrogen-bond donors (Lipinski definition) is 0. The number of methoxy groups -OCH3 is 1. The van der Waals surface area contributed by atoms with Crippen LogP contribution in [0.5, 0.6) is 11.5 Å². The first kappa shape index (κ1) is 23.6. The van der Waals surface area contributed by atoms with Crippen LogP contribution in [0.4, 0.5) is 0 Å². The third-order valence-electron chi connectivity index (χ3n) is 6.04. The second kappa shape index (κ2) is 11.5. The van der Waals surface area contributed by atoms with Gasteiger partial charge in [0.2, 0.25) is 0 Å². The van der Waals surface area contributed by atoms with Crippen LogP contribution in [0.25, 0.3) is 6.08 Å². The van der Waals surface area contributed by atoms with Crippen molar-refractivity contribution in [2.24, 2.45) is 0 Å². The van der Waals surface area contributed by atoms with Crippen LogP contribution in [0, 0.1) is 6.92 Å². The van der Waals surface area contributed by atoms with Crippen molar-refractivity contribution in [3.8, 4) is 11.5 Å². The minimum absolute atomic E-state index is 0.0546. The minimum atomic E-state index is 0.0546. The summed E-state index contributed by atoms with van der Waals surface area (Å²) < 4.78 is 11.5. The molecule has 176 valence electrons. The summed E-state index contributed by atoms with van der Waals surface area (Å²) in [6.07, 6.45) is 4.34. The van der Waals surface area contributed by atoms with E-state index in [1.807, 2.05) is 72.5 Å². The van der Waals surface area contributed by atoms with E-state index in [2.05, 4.69) is 29.2 Å². The maximum Gasteiger partial charge on any atom is 0.253 e. The maximum atomic E-state index is 13.2. The smallest absolute Gasteiger partial charge is 0.253 e. The van der Waals surface area contributed by atoms with E-state index in [4.69, 9.17) is 9.47 Å². The van der Waals surface area contributed by atoms with E-state index >= 15 is 0 Å². The lowest BCUT2D eigenvalue weighted by molar-refractivity contribution is 0.0650. The fraction of sp³-hybridized carbons (Fsp3) is 0.276. The molecule has 0 N–H and O–H groups in total. The van der Waals surface area contributed by atoms with Crippen molar-refractivity contribution in [2.75, 3.05) is 39.8 Å². The molecule has 34 heavy (non-hydrogen) atoms. The van der Waals surface area contributed by atoms with Gasteiger partial charge in [-0.2, -0.15) is 0 Å². The number of piperazine rings is 1. The van der Waals surface area contributed by atoms with Gasteiger partial charge in [-0.15, -0.1) is 0 Å². The summed E-state index contributed by atoms with van der Waals surface area (Å²) in [5.41, 5.74) is 3.88. The first-order chi connectivity index (χ1) is 16.6. The number of rotatable bonds is 8. The minimum Gasteiger partial charge on any atom is -0.496 e. The molecular formula is C29H32N2O3. The van der Waals surface area contributed by atoms with Gasteiger partial charge in [0.15, 0.2) is 0 Å². The summed E-state index contributed by atoms with van der Waals surface area (Å²) in [5, 5.41) is 0. The Morgan fingerprint density at radius 1 is 0.941 bits per heavy atom. The number of aryl methyl sites for hydroxylation is 1. The Morgan fingerprint density at radius 2 is 1.74 bits per heavy atom. The lowest BCUT2D eigenvalue weighted by Crippen LogP contribution is -2.48. The average Bonchev–Trinajstić information content (AvgIpc) is 2.88. The quantitative estimate of drug-likeness (QED) is 0.476. The Morgan fingerprint density at radius 3 is 2.47 bits per heavy atom. The fourth-order valence-corrected chi connectivity index (χ4v) is 4.11. The molecule has 0 radical (unpaired) electrons. The molecule has 1 heterocycles. The standard InChI is InChI=1S/C29H32N2O3/c1-23-8-6-12-27(20-23)34-22-26-21-25(13-14-28(26)33-2)29(32)31-18-16-30(17-19-31)15-7-11-24-9-4-3-5-10-24/h3-14,20-21H,15-19,22H2,1-2H3/b11-7+. The zero-order valence-electron chi connectivity index (χ0n) is 19.9. The second-order valence-corrected chi connectivity index (χ2v) is 8.54.